The van der Waals surface area contributed by atoms with Gasteiger partial charge in [0.1, 0.15) is 0 Å². The molecule has 0 bridgehead atoms. The van der Waals surface area contributed by atoms with Crippen LogP contribution < -0.4 is 14.9 Å². The van der Waals surface area contributed by atoms with Crippen molar-refractivity contribution in [1.29, 1.82) is 0 Å². The van der Waals surface area contributed by atoms with Crippen molar-refractivity contribution in [2.24, 2.45) is 0 Å². The summed E-state index contributed by atoms with van der Waals surface area (Å²) in [6.07, 6.45) is 0.0604. The average molecular weight is 445 g/mol. The largest absolute Gasteiger partial charge is 0.369 e. The number of aryl methyl sites for hydroxylation is 2. The molecular formula is C23H32N4O3S. The third kappa shape index (κ3) is 6.29. The van der Waals surface area contributed by atoms with Gasteiger partial charge in [0.25, 0.3) is 0 Å². The molecule has 0 spiro atoms. The van der Waals surface area contributed by atoms with Crippen molar-refractivity contribution >= 4 is 27.3 Å². The van der Waals surface area contributed by atoms with E-state index in [9.17, 15) is 13.2 Å². The highest BCUT2D eigenvalue weighted by atomic mass is 32.2. The maximum Gasteiger partial charge on any atom is 0.240 e. The number of carbonyl (C=O) groups is 1. The number of amides is 1. The maximum absolute atomic E-state index is 12.5. The van der Waals surface area contributed by atoms with Gasteiger partial charge in [-0.15, -0.1) is 0 Å². The van der Waals surface area contributed by atoms with Crippen molar-refractivity contribution in [2.75, 3.05) is 49.5 Å². The Morgan fingerprint density at radius 3 is 2.29 bits per heavy atom. The highest BCUT2D eigenvalue weighted by molar-refractivity contribution is 7.89. The number of rotatable bonds is 8. The van der Waals surface area contributed by atoms with E-state index in [0.717, 1.165) is 44.0 Å². The summed E-state index contributed by atoms with van der Waals surface area (Å²) in [5.41, 5.74) is 3.55. The number of carbonyl (C=O) groups excluding carboxylic acids is 1. The summed E-state index contributed by atoms with van der Waals surface area (Å²) in [7, 11) is -3.64. The summed E-state index contributed by atoms with van der Waals surface area (Å²) in [6, 6.07) is 13.0. The number of hydrogen-bond donors (Lipinski definition) is 2. The number of nitrogens with one attached hydrogen (secondary N) is 2. The van der Waals surface area contributed by atoms with Crippen molar-refractivity contribution in [2.45, 2.75) is 32.1 Å². The minimum atomic E-state index is -3.64. The zero-order chi connectivity index (χ0) is 22.4. The first kappa shape index (κ1) is 23.2. The van der Waals surface area contributed by atoms with Crippen molar-refractivity contribution in [3.05, 3.63) is 53.6 Å². The lowest BCUT2D eigenvalue weighted by molar-refractivity contribution is -0.116. The quantitative estimate of drug-likeness (QED) is 0.654. The second-order valence-electron chi connectivity index (χ2n) is 7.93. The highest BCUT2D eigenvalue weighted by Crippen LogP contribution is 2.20. The third-order valence-corrected chi connectivity index (χ3v) is 7.22. The van der Waals surface area contributed by atoms with Crippen LogP contribution in [0.15, 0.2) is 47.4 Å². The smallest absolute Gasteiger partial charge is 0.240 e. The van der Waals surface area contributed by atoms with Crippen LogP contribution in [0.25, 0.3) is 0 Å². The first-order chi connectivity index (χ1) is 14.8. The lowest BCUT2D eigenvalue weighted by Crippen LogP contribution is -2.46. The Balaban J connectivity index is 1.47. The number of anilines is 2. The molecule has 31 heavy (non-hydrogen) atoms. The van der Waals surface area contributed by atoms with Gasteiger partial charge in [0.05, 0.1) is 4.90 Å². The SMILES string of the molecule is CCN1CCN(c2ccc(NC(=O)CCNS(=O)(=O)c3ccc(C)cc3C)cc2)CC1. The molecule has 1 fully saturated rings. The van der Waals surface area contributed by atoms with Gasteiger partial charge in [0.15, 0.2) is 0 Å². The molecule has 1 aliphatic rings. The fraction of sp³-hybridized carbons (Fsp3) is 0.435. The van der Waals surface area contributed by atoms with E-state index >= 15 is 0 Å². The second-order valence-corrected chi connectivity index (χ2v) is 9.67. The van der Waals surface area contributed by atoms with Gasteiger partial charge in [-0.1, -0.05) is 24.6 Å². The molecule has 0 atom stereocenters. The van der Waals surface area contributed by atoms with Crippen LogP contribution in [0.5, 0.6) is 0 Å². The van der Waals surface area contributed by atoms with Gasteiger partial charge in [0.2, 0.25) is 15.9 Å². The van der Waals surface area contributed by atoms with E-state index in [2.05, 4.69) is 26.8 Å². The summed E-state index contributed by atoms with van der Waals surface area (Å²) in [5, 5.41) is 2.83. The van der Waals surface area contributed by atoms with E-state index < -0.39 is 10.0 Å². The number of nitrogens with zero attached hydrogens (tertiary/aromatic N) is 2. The number of piperazine rings is 1. The van der Waals surface area contributed by atoms with E-state index in [0.29, 0.717) is 11.3 Å². The Labute approximate surface area is 185 Å². The van der Waals surface area contributed by atoms with Crippen molar-refractivity contribution in [3.63, 3.8) is 0 Å². The standard InChI is InChI=1S/C23H32N4O3S/c1-4-26-13-15-27(16-14-26)21-8-6-20(7-9-21)25-23(28)11-12-24-31(29,30)22-10-5-18(2)17-19(22)3/h5-10,17,24H,4,11-16H2,1-3H3,(H,25,28). The van der Waals surface area contributed by atoms with Crippen LogP contribution in [-0.4, -0.2) is 58.5 Å². The van der Waals surface area contributed by atoms with Crippen molar-refractivity contribution in [1.82, 2.24) is 9.62 Å². The van der Waals surface area contributed by atoms with Crippen LogP contribution in [0.4, 0.5) is 11.4 Å². The molecule has 1 heterocycles. The first-order valence-electron chi connectivity index (χ1n) is 10.7. The zero-order valence-electron chi connectivity index (χ0n) is 18.5. The summed E-state index contributed by atoms with van der Waals surface area (Å²) < 4.78 is 27.5. The molecule has 7 nitrogen and oxygen atoms in total. The van der Waals surface area contributed by atoms with Gasteiger partial charge < -0.3 is 15.1 Å². The number of likely N-dealkylation sites (N-methyl/N-ethyl adjacent to an activating group) is 1. The van der Waals surface area contributed by atoms with E-state index in [-0.39, 0.29) is 23.8 Å². The predicted octanol–water partition coefficient (Wildman–Crippen LogP) is 2.75. The topological polar surface area (TPSA) is 81.8 Å². The molecule has 0 saturated carbocycles. The zero-order valence-corrected chi connectivity index (χ0v) is 19.3. The minimum Gasteiger partial charge on any atom is -0.369 e. The van der Waals surface area contributed by atoms with Gasteiger partial charge in [-0.3, -0.25) is 4.79 Å². The fourth-order valence-electron chi connectivity index (χ4n) is 3.78. The summed E-state index contributed by atoms with van der Waals surface area (Å²) >= 11 is 0. The monoisotopic (exact) mass is 444 g/mol. The normalized spacial score (nSPS) is 15.1. The average Bonchev–Trinajstić information content (AvgIpc) is 2.74. The van der Waals surface area contributed by atoms with Gasteiger partial charge in [-0.25, -0.2) is 13.1 Å². The van der Waals surface area contributed by atoms with Gasteiger partial charge in [0, 0.05) is 50.5 Å². The molecule has 2 N–H and O–H groups in total. The molecule has 2 aromatic carbocycles. The van der Waals surface area contributed by atoms with E-state index in [4.69, 9.17) is 0 Å². The van der Waals surface area contributed by atoms with Gasteiger partial charge in [-0.05, 0) is 56.3 Å². The number of benzene rings is 2. The number of sulfonamides is 1. The van der Waals surface area contributed by atoms with Crippen LogP contribution in [0.3, 0.4) is 0 Å². The van der Waals surface area contributed by atoms with E-state index in [1.54, 1.807) is 19.1 Å². The Bertz CT molecular complexity index is 998. The number of hydrogen-bond acceptors (Lipinski definition) is 5. The molecular weight excluding hydrogens is 412 g/mol. The predicted molar refractivity (Wildman–Crippen MR) is 125 cm³/mol. The van der Waals surface area contributed by atoms with Gasteiger partial charge in [-0.2, -0.15) is 0 Å². The summed E-state index contributed by atoms with van der Waals surface area (Å²) in [4.78, 5) is 17.3. The van der Waals surface area contributed by atoms with E-state index in [1.807, 2.05) is 37.3 Å². The molecule has 1 amide bonds. The first-order valence-corrected chi connectivity index (χ1v) is 12.2. The Morgan fingerprint density at radius 2 is 1.68 bits per heavy atom. The molecule has 0 aliphatic carbocycles. The molecule has 2 aromatic rings. The Morgan fingerprint density at radius 1 is 1.00 bits per heavy atom. The minimum absolute atomic E-state index is 0.0429. The van der Waals surface area contributed by atoms with Crippen LogP contribution in [-0.2, 0) is 14.8 Å². The van der Waals surface area contributed by atoms with Gasteiger partial charge >= 0.3 is 0 Å². The van der Waals surface area contributed by atoms with Crippen molar-refractivity contribution in [3.8, 4) is 0 Å². The van der Waals surface area contributed by atoms with Crippen LogP contribution in [0.1, 0.15) is 24.5 Å². The molecule has 0 aromatic heterocycles. The summed E-state index contributed by atoms with van der Waals surface area (Å²) in [5.74, 6) is -0.229. The molecule has 168 valence electrons. The molecule has 1 saturated heterocycles. The second kappa shape index (κ2) is 10.3. The Kier molecular flexibility index (Phi) is 7.69. The van der Waals surface area contributed by atoms with Crippen LogP contribution in [0.2, 0.25) is 0 Å². The molecule has 8 heteroatoms. The molecule has 3 rings (SSSR count). The third-order valence-electron chi connectivity index (χ3n) is 5.60. The van der Waals surface area contributed by atoms with Crippen LogP contribution >= 0.6 is 0 Å². The molecule has 0 unspecified atom stereocenters. The summed E-state index contributed by atoms with van der Waals surface area (Å²) in [6.45, 7) is 11.1. The Hall–Kier alpha value is -2.42. The lowest BCUT2D eigenvalue weighted by Gasteiger charge is -2.35. The molecule has 0 radical (unpaired) electrons. The molecule has 1 aliphatic heterocycles. The van der Waals surface area contributed by atoms with E-state index in [1.165, 1.54) is 0 Å². The van der Waals surface area contributed by atoms with Crippen molar-refractivity contribution < 1.29 is 13.2 Å². The maximum atomic E-state index is 12.5. The fourth-order valence-corrected chi connectivity index (χ4v) is 5.04. The van der Waals surface area contributed by atoms with Crippen LogP contribution in [0, 0.1) is 13.8 Å². The lowest BCUT2D eigenvalue weighted by atomic mass is 10.2. The highest BCUT2D eigenvalue weighted by Gasteiger charge is 2.17.